The van der Waals surface area contributed by atoms with Crippen LogP contribution in [0.1, 0.15) is 38.8 Å². The van der Waals surface area contributed by atoms with Crippen LogP contribution in [0, 0.1) is 0 Å². The standard InChI is InChI=1S/C10H19N2O.ClH/c1-3-4-5-6-10(13)12-8-7-11(2)9-12;/h7-10,13H,3-6H2,1-2H3;1H/q+1;/p-1. The number of aliphatic hydroxyl groups is 1. The van der Waals surface area contributed by atoms with Crippen molar-refractivity contribution < 1.29 is 22.1 Å². The second-order valence-corrected chi connectivity index (χ2v) is 3.50. The van der Waals surface area contributed by atoms with Crippen molar-refractivity contribution in [2.45, 2.75) is 38.8 Å². The van der Waals surface area contributed by atoms with Crippen molar-refractivity contribution in [1.29, 1.82) is 0 Å². The Hall–Kier alpha value is -0.540. The van der Waals surface area contributed by atoms with Crippen LogP contribution >= 0.6 is 0 Å². The second-order valence-electron chi connectivity index (χ2n) is 3.50. The number of aromatic nitrogens is 2. The summed E-state index contributed by atoms with van der Waals surface area (Å²) >= 11 is 0. The Morgan fingerprint density at radius 1 is 1.43 bits per heavy atom. The SMILES string of the molecule is CCCCCC(O)n1cc[n+](C)c1.[Cl-]. The zero-order valence-corrected chi connectivity index (χ0v) is 9.61. The Balaban J connectivity index is 0.00000169. The van der Waals surface area contributed by atoms with Crippen molar-refractivity contribution in [2.75, 3.05) is 0 Å². The molecule has 1 N–H and O–H groups in total. The minimum absolute atomic E-state index is 0. The van der Waals surface area contributed by atoms with Crippen molar-refractivity contribution in [3.63, 3.8) is 0 Å². The maximum atomic E-state index is 9.71. The van der Waals surface area contributed by atoms with Gasteiger partial charge in [-0.15, -0.1) is 0 Å². The van der Waals surface area contributed by atoms with Gasteiger partial charge in [0.15, 0.2) is 6.23 Å². The summed E-state index contributed by atoms with van der Waals surface area (Å²) in [5.74, 6) is 0. The molecule has 0 saturated heterocycles. The first-order valence-corrected chi connectivity index (χ1v) is 4.95. The van der Waals surface area contributed by atoms with Crippen LogP contribution in [-0.4, -0.2) is 9.67 Å². The van der Waals surface area contributed by atoms with Gasteiger partial charge in [0.1, 0.15) is 12.4 Å². The molecular formula is C10H19ClN2O. The highest BCUT2D eigenvalue weighted by Gasteiger charge is 2.10. The molecule has 82 valence electrons. The number of rotatable bonds is 5. The van der Waals surface area contributed by atoms with Crippen LogP contribution in [0.5, 0.6) is 0 Å². The minimum atomic E-state index is -0.354. The van der Waals surface area contributed by atoms with E-state index < -0.39 is 0 Å². The van der Waals surface area contributed by atoms with Gasteiger partial charge in [0, 0.05) is 6.42 Å². The van der Waals surface area contributed by atoms with E-state index in [2.05, 4.69) is 6.92 Å². The Morgan fingerprint density at radius 3 is 2.64 bits per heavy atom. The summed E-state index contributed by atoms with van der Waals surface area (Å²) in [6.45, 7) is 2.17. The summed E-state index contributed by atoms with van der Waals surface area (Å²) in [5.41, 5.74) is 0. The van der Waals surface area contributed by atoms with Crippen LogP contribution in [0.3, 0.4) is 0 Å². The summed E-state index contributed by atoms with van der Waals surface area (Å²) in [6, 6.07) is 0. The number of hydrogen-bond donors (Lipinski definition) is 1. The lowest BCUT2D eigenvalue weighted by Gasteiger charge is -2.05. The zero-order valence-electron chi connectivity index (χ0n) is 8.86. The van der Waals surface area contributed by atoms with Crippen LogP contribution in [0.2, 0.25) is 0 Å². The molecule has 3 nitrogen and oxygen atoms in total. The van der Waals surface area contributed by atoms with Gasteiger partial charge in [-0.3, -0.25) is 0 Å². The number of hydrogen-bond acceptors (Lipinski definition) is 1. The smallest absolute Gasteiger partial charge is 0.245 e. The van der Waals surface area contributed by atoms with E-state index in [4.69, 9.17) is 0 Å². The summed E-state index contributed by atoms with van der Waals surface area (Å²) in [6.07, 6.45) is 9.72. The maximum absolute atomic E-state index is 9.71. The molecule has 14 heavy (non-hydrogen) atoms. The lowest BCUT2D eigenvalue weighted by atomic mass is 10.2. The molecule has 0 spiro atoms. The van der Waals surface area contributed by atoms with Gasteiger partial charge in [-0.2, -0.15) is 0 Å². The van der Waals surface area contributed by atoms with Crippen molar-refractivity contribution in [1.82, 2.24) is 4.57 Å². The van der Waals surface area contributed by atoms with E-state index >= 15 is 0 Å². The minimum Gasteiger partial charge on any atom is -1.00 e. The van der Waals surface area contributed by atoms with E-state index in [0.717, 1.165) is 12.8 Å². The Bertz CT molecular complexity index is 250. The van der Waals surface area contributed by atoms with E-state index in [1.54, 1.807) is 0 Å². The van der Waals surface area contributed by atoms with Crippen LogP contribution in [-0.2, 0) is 7.05 Å². The second kappa shape index (κ2) is 6.85. The molecule has 4 heteroatoms. The zero-order chi connectivity index (χ0) is 9.68. The Kier molecular flexibility index (Phi) is 6.58. The molecular weight excluding hydrogens is 200 g/mol. The molecule has 0 aliphatic carbocycles. The average molecular weight is 219 g/mol. The third-order valence-electron chi connectivity index (χ3n) is 2.20. The van der Waals surface area contributed by atoms with Crippen molar-refractivity contribution >= 4 is 0 Å². The van der Waals surface area contributed by atoms with Gasteiger partial charge >= 0.3 is 0 Å². The lowest BCUT2D eigenvalue weighted by molar-refractivity contribution is -0.671. The fourth-order valence-electron chi connectivity index (χ4n) is 1.37. The predicted octanol–water partition coefficient (Wildman–Crippen LogP) is -1.61. The highest BCUT2D eigenvalue weighted by molar-refractivity contribution is 4.69. The molecule has 0 aromatic carbocycles. The number of imidazole rings is 1. The molecule has 1 atom stereocenters. The quantitative estimate of drug-likeness (QED) is 0.468. The van der Waals surface area contributed by atoms with Gasteiger partial charge in [-0.1, -0.05) is 19.8 Å². The molecule has 0 bridgehead atoms. The number of nitrogens with zero attached hydrogens (tertiary/aromatic N) is 2. The Labute approximate surface area is 91.8 Å². The van der Waals surface area contributed by atoms with Crippen LogP contribution < -0.4 is 17.0 Å². The first kappa shape index (κ1) is 13.5. The van der Waals surface area contributed by atoms with Gasteiger partial charge in [0.25, 0.3) is 0 Å². The molecule has 0 aliphatic heterocycles. The van der Waals surface area contributed by atoms with Crippen molar-refractivity contribution in [3.05, 3.63) is 18.7 Å². The van der Waals surface area contributed by atoms with Crippen LogP contribution in [0.4, 0.5) is 0 Å². The average Bonchev–Trinajstić information content (AvgIpc) is 2.52. The molecule has 0 radical (unpaired) electrons. The molecule has 1 aromatic rings. The third-order valence-corrected chi connectivity index (χ3v) is 2.20. The highest BCUT2D eigenvalue weighted by Crippen LogP contribution is 2.11. The van der Waals surface area contributed by atoms with E-state index in [1.807, 2.05) is 34.9 Å². The van der Waals surface area contributed by atoms with Gasteiger partial charge in [-0.05, 0) is 6.42 Å². The molecule has 0 fully saturated rings. The lowest BCUT2D eigenvalue weighted by Crippen LogP contribution is -3.00. The summed E-state index contributed by atoms with van der Waals surface area (Å²) in [7, 11) is 1.95. The van der Waals surface area contributed by atoms with Gasteiger partial charge in [0.05, 0.1) is 7.05 Å². The maximum Gasteiger partial charge on any atom is 0.245 e. The van der Waals surface area contributed by atoms with E-state index in [9.17, 15) is 5.11 Å². The monoisotopic (exact) mass is 218 g/mol. The number of unbranched alkanes of at least 4 members (excludes halogenated alkanes) is 2. The molecule has 1 aromatic heterocycles. The number of aliphatic hydroxyl groups excluding tert-OH is 1. The number of aryl methyl sites for hydroxylation is 1. The van der Waals surface area contributed by atoms with E-state index in [-0.39, 0.29) is 18.6 Å². The molecule has 1 rings (SSSR count). The van der Waals surface area contributed by atoms with Crippen LogP contribution in [0.15, 0.2) is 18.7 Å². The van der Waals surface area contributed by atoms with Crippen LogP contribution in [0.25, 0.3) is 0 Å². The molecule has 1 unspecified atom stereocenters. The molecule has 0 saturated carbocycles. The summed E-state index contributed by atoms with van der Waals surface area (Å²) in [4.78, 5) is 0. The third kappa shape index (κ3) is 4.11. The molecule has 0 aliphatic rings. The highest BCUT2D eigenvalue weighted by atomic mass is 35.5. The predicted molar refractivity (Wildman–Crippen MR) is 51.0 cm³/mol. The topological polar surface area (TPSA) is 29.0 Å². The fraction of sp³-hybridized carbons (Fsp3) is 0.700. The van der Waals surface area contributed by atoms with E-state index in [0.29, 0.717) is 0 Å². The first-order chi connectivity index (χ1) is 6.24. The first-order valence-electron chi connectivity index (χ1n) is 4.95. The normalized spacial score (nSPS) is 12.2. The van der Waals surface area contributed by atoms with Gasteiger partial charge < -0.3 is 17.5 Å². The summed E-state index contributed by atoms with van der Waals surface area (Å²) in [5, 5.41) is 9.71. The molecule has 0 amide bonds. The van der Waals surface area contributed by atoms with E-state index in [1.165, 1.54) is 12.8 Å². The fourth-order valence-corrected chi connectivity index (χ4v) is 1.37. The largest absolute Gasteiger partial charge is 1.00 e. The van der Waals surface area contributed by atoms with Crippen molar-refractivity contribution in [3.8, 4) is 0 Å². The van der Waals surface area contributed by atoms with Crippen molar-refractivity contribution in [2.24, 2.45) is 7.05 Å². The van der Waals surface area contributed by atoms with Gasteiger partial charge in [-0.25, -0.2) is 9.13 Å². The summed E-state index contributed by atoms with van der Waals surface area (Å²) < 4.78 is 3.78. The Morgan fingerprint density at radius 2 is 2.14 bits per heavy atom. The number of halogens is 1. The van der Waals surface area contributed by atoms with Gasteiger partial charge in [0.2, 0.25) is 6.33 Å². The molecule has 1 heterocycles.